The van der Waals surface area contributed by atoms with E-state index in [4.69, 9.17) is 0 Å². The molecular formula is C16H16F2N4O2. The fraction of sp³-hybridized carbons (Fsp3) is 0.312. The zero-order valence-electron chi connectivity index (χ0n) is 13.1. The van der Waals surface area contributed by atoms with Crippen LogP contribution in [0.2, 0.25) is 0 Å². The summed E-state index contributed by atoms with van der Waals surface area (Å²) < 4.78 is 26.9. The molecule has 0 bridgehead atoms. The van der Waals surface area contributed by atoms with Crippen LogP contribution in [0.3, 0.4) is 0 Å². The fourth-order valence-corrected chi connectivity index (χ4v) is 2.67. The number of hydrogen-bond acceptors (Lipinski definition) is 4. The molecule has 0 aliphatic carbocycles. The largest absolute Gasteiger partial charge is 0.390 e. The maximum absolute atomic E-state index is 12.7. The number of hydrogen-bond donors (Lipinski definition) is 2. The highest BCUT2D eigenvalue weighted by molar-refractivity contribution is 5.77. The van der Waals surface area contributed by atoms with Gasteiger partial charge < -0.3 is 10.1 Å². The van der Waals surface area contributed by atoms with Crippen molar-refractivity contribution in [3.63, 3.8) is 0 Å². The van der Waals surface area contributed by atoms with Crippen LogP contribution in [0.1, 0.15) is 42.0 Å². The van der Waals surface area contributed by atoms with Crippen molar-refractivity contribution in [1.29, 1.82) is 0 Å². The molecule has 1 atom stereocenters. The zero-order chi connectivity index (χ0) is 17.4. The van der Waals surface area contributed by atoms with Gasteiger partial charge in [-0.05, 0) is 19.4 Å². The number of aliphatic hydroxyl groups is 1. The van der Waals surface area contributed by atoms with Crippen molar-refractivity contribution in [2.75, 3.05) is 0 Å². The van der Waals surface area contributed by atoms with Gasteiger partial charge in [0, 0.05) is 5.56 Å². The second-order valence-corrected chi connectivity index (χ2v) is 5.54. The molecule has 126 valence electrons. The van der Waals surface area contributed by atoms with Crippen LogP contribution in [-0.2, 0) is 6.61 Å². The van der Waals surface area contributed by atoms with Crippen LogP contribution in [-0.4, -0.2) is 24.9 Å². The molecule has 2 aromatic heterocycles. The van der Waals surface area contributed by atoms with E-state index in [1.54, 1.807) is 19.1 Å². The van der Waals surface area contributed by atoms with E-state index >= 15 is 0 Å². The Labute approximate surface area is 135 Å². The van der Waals surface area contributed by atoms with E-state index in [1.807, 2.05) is 6.92 Å². The topological polar surface area (TPSA) is 83.8 Å². The van der Waals surface area contributed by atoms with Gasteiger partial charge in [-0.15, -0.1) is 0 Å². The predicted molar refractivity (Wildman–Crippen MR) is 84.0 cm³/mol. The molecule has 2 N–H and O–H groups in total. The number of alkyl halides is 2. The van der Waals surface area contributed by atoms with Crippen LogP contribution in [0.15, 0.2) is 29.1 Å². The quantitative estimate of drug-likeness (QED) is 0.768. The molecule has 0 saturated heterocycles. The van der Waals surface area contributed by atoms with Crippen LogP contribution in [0, 0.1) is 6.92 Å². The Kier molecular flexibility index (Phi) is 4.15. The van der Waals surface area contributed by atoms with Crippen molar-refractivity contribution in [2.24, 2.45) is 0 Å². The molecule has 0 aliphatic rings. The number of halogens is 2. The number of fused-ring (bicyclic) bond motifs is 1. The summed E-state index contributed by atoms with van der Waals surface area (Å²) in [7, 11) is 0. The van der Waals surface area contributed by atoms with E-state index in [0.29, 0.717) is 11.5 Å². The molecule has 0 fully saturated rings. The lowest BCUT2D eigenvalue weighted by Crippen LogP contribution is -2.13. The molecule has 1 aromatic carbocycles. The molecule has 1 unspecified atom stereocenters. The van der Waals surface area contributed by atoms with E-state index in [9.17, 15) is 18.7 Å². The van der Waals surface area contributed by atoms with Crippen molar-refractivity contribution in [3.05, 3.63) is 57.3 Å². The van der Waals surface area contributed by atoms with Gasteiger partial charge in [0.25, 0.3) is 12.0 Å². The lowest BCUT2D eigenvalue weighted by molar-refractivity contribution is 0.151. The molecule has 0 aliphatic heterocycles. The molecule has 2 heterocycles. The summed E-state index contributed by atoms with van der Waals surface area (Å²) in [6.45, 7) is 3.08. The Morgan fingerprint density at radius 1 is 1.25 bits per heavy atom. The molecule has 3 aromatic rings. The van der Waals surface area contributed by atoms with Crippen LogP contribution in [0.4, 0.5) is 8.78 Å². The van der Waals surface area contributed by atoms with Crippen LogP contribution < -0.4 is 5.56 Å². The predicted octanol–water partition coefficient (Wildman–Crippen LogP) is 2.47. The van der Waals surface area contributed by atoms with Crippen molar-refractivity contribution >= 4 is 11.0 Å². The molecule has 0 spiro atoms. The highest BCUT2D eigenvalue weighted by atomic mass is 19.3. The highest BCUT2D eigenvalue weighted by Gasteiger charge is 2.20. The van der Waals surface area contributed by atoms with E-state index in [1.165, 1.54) is 16.8 Å². The van der Waals surface area contributed by atoms with Gasteiger partial charge >= 0.3 is 0 Å². The zero-order valence-corrected chi connectivity index (χ0v) is 13.1. The Balaban J connectivity index is 2.13. The second-order valence-electron chi connectivity index (χ2n) is 5.54. The van der Waals surface area contributed by atoms with Crippen molar-refractivity contribution < 1.29 is 13.9 Å². The first-order valence-corrected chi connectivity index (χ1v) is 7.39. The number of nitrogens with zero attached hydrogens (tertiary/aromatic N) is 3. The van der Waals surface area contributed by atoms with E-state index in [-0.39, 0.29) is 28.2 Å². The molecule has 6 nitrogen and oxygen atoms in total. The summed E-state index contributed by atoms with van der Waals surface area (Å²) in [6.07, 6.45) is -2.52. The first-order valence-electron chi connectivity index (χ1n) is 7.39. The molecule has 0 radical (unpaired) electrons. The number of aromatic amines is 1. The summed E-state index contributed by atoms with van der Waals surface area (Å²) in [5.74, 6) is 0.429. The number of H-pyrrole nitrogens is 1. The lowest BCUT2D eigenvalue weighted by atomic mass is 10.1. The number of aryl methyl sites for hydroxylation is 1. The standard InChI is InChI=1S/C16H16F2N4O2/c1-8(10-3-5-11(6-4-10)14(17)18)22-15-13(12(7-23)21-22)16(24)20-9(2)19-15/h3-6,8,14,23H,7H2,1-2H3,(H,19,20,24). The first kappa shape index (κ1) is 16.3. The lowest BCUT2D eigenvalue weighted by Gasteiger charge is -2.14. The van der Waals surface area contributed by atoms with Gasteiger partial charge in [0.15, 0.2) is 5.65 Å². The van der Waals surface area contributed by atoms with Crippen molar-refractivity contribution in [2.45, 2.75) is 32.9 Å². The third kappa shape index (κ3) is 2.69. The van der Waals surface area contributed by atoms with Gasteiger partial charge in [0.05, 0.1) is 12.6 Å². The molecule has 8 heteroatoms. The Hall–Kier alpha value is -2.61. The minimum absolute atomic E-state index is 0.0577. The monoisotopic (exact) mass is 334 g/mol. The first-order chi connectivity index (χ1) is 11.4. The van der Waals surface area contributed by atoms with Gasteiger partial charge in [0.1, 0.15) is 16.9 Å². The van der Waals surface area contributed by atoms with Crippen LogP contribution in [0.5, 0.6) is 0 Å². The van der Waals surface area contributed by atoms with Crippen molar-refractivity contribution in [1.82, 2.24) is 19.7 Å². The Morgan fingerprint density at radius 3 is 2.46 bits per heavy atom. The average Bonchev–Trinajstić information content (AvgIpc) is 2.93. The smallest absolute Gasteiger partial charge is 0.263 e. The minimum atomic E-state index is -2.52. The molecule has 0 saturated carbocycles. The summed E-state index contributed by atoms with van der Waals surface area (Å²) in [6, 6.07) is 5.57. The van der Waals surface area contributed by atoms with Gasteiger partial charge in [0.2, 0.25) is 0 Å². The fourth-order valence-electron chi connectivity index (χ4n) is 2.67. The number of benzene rings is 1. The number of rotatable bonds is 4. The Morgan fingerprint density at radius 2 is 1.88 bits per heavy atom. The number of nitrogens with one attached hydrogen (secondary N) is 1. The Bertz CT molecular complexity index is 932. The van der Waals surface area contributed by atoms with Gasteiger partial charge in [-0.3, -0.25) is 4.79 Å². The van der Waals surface area contributed by atoms with Gasteiger partial charge in [-0.1, -0.05) is 24.3 Å². The maximum atomic E-state index is 12.7. The van der Waals surface area contributed by atoms with E-state index in [2.05, 4.69) is 15.1 Å². The molecular weight excluding hydrogens is 318 g/mol. The summed E-state index contributed by atoms with van der Waals surface area (Å²) in [5, 5.41) is 14.0. The minimum Gasteiger partial charge on any atom is -0.390 e. The third-order valence-corrected chi connectivity index (χ3v) is 3.94. The maximum Gasteiger partial charge on any atom is 0.263 e. The van der Waals surface area contributed by atoms with E-state index in [0.717, 1.165) is 5.56 Å². The van der Waals surface area contributed by atoms with Crippen molar-refractivity contribution in [3.8, 4) is 0 Å². The average molecular weight is 334 g/mol. The number of aromatic nitrogens is 4. The van der Waals surface area contributed by atoms with Gasteiger partial charge in [-0.25, -0.2) is 18.4 Å². The second kappa shape index (κ2) is 6.12. The summed E-state index contributed by atoms with van der Waals surface area (Å²) in [4.78, 5) is 19.0. The molecule has 24 heavy (non-hydrogen) atoms. The highest BCUT2D eigenvalue weighted by Crippen LogP contribution is 2.25. The van der Waals surface area contributed by atoms with Crippen LogP contribution >= 0.6 is 0 Å². The summed E-state index contributed by atoms with van der Waals surface area (Å²) >= 11 is 0. The van der Waals surface area contributed by atoms with Gasteiger partial charge in [-0.2, -0.15) is 5.10 Å². The molecule has 0 amide bonds. The molecule has 3 rings (SSSR count). The summed E-state index contributed by atoms with van der Waals surface area (Å²) in [5.41, 5.74) is 0.902. The SMILES string of the molecule is Cc1nc2c(c(CO)nn2C(C)c2ccc(C(F)F)cc2)c(=O)[nH]1. The number of aliphatic hydroxyl groups excluding tert-OH is 1. The van der Waals surface area contributed by atoms with E-state index < -0.39 is 13.0 Å². The normalized spacial score (nSPS) is 12.9. The third-order valence-electron chi connectivity index (χ3n) is 3.94. The van der Waals surface area contributed by atoms with Crippen LogP contribution in [0.25, 0.3) is 11.0 Å².